The Morgan fingerprint density at radius 2 is 2.00 bits per heavy atom. The third-order valence-corrected chi connectivity index (χ3v) is 4.62. The molecule has 4 rings (SSSR count). The molecule has 0 bridgehead atoms. The summed E-state index contributed by atoms with van der Waals surface area (Å²) in [7, 11) is 0. The van der Waals surface area contributed by atoms with E-state index in [-0.39, 0.29) is 5.91 Å². The maximum absolute atomic E-state index is 12.8. The molecule has 7 nitrogen and oxygen atoms in total. The van der Waals surface area contributed by atoms with E-state index in [1.54, 1.807) is 0 Å². The molecule has 2 aromatic heterocycles. The summed E-state index contributed by atoms with van der Waals surface area (Å²) < 4.78 is 3.52. The van der Waals surface area contributed by atoms with Gasteiger partial charge in [-0.25, -0.2) is 4.68 Å². The Balaban J connectivity index is 1.48. The molecule has 0 spiro atoms. The Morgan fingerprint density at radius 3 is 2.78 bits per heavy atom. The van der Waals surface area contributed by atoms with E-state index >= 15 is 0 Å². The van der Waals surface area contributed by atoms with Crippen LogP contribution >= 0.6 is 11.6 Å². The quantitative estimate of drug-likeness (QED) is 0.558. The molecule has 0 aliphatic heterocycles. The number of rotatable bonds is 6. The zero-order chi connectivity index (χ0) is 18.6. The van der Waals surface area contributed by atoms with Gasteiger partial charge in [0.15, 0.2) is 6.04 Å². The minimum Gasteiger partial charge on any atom is -0.352 e. The van der Waals surface area contributed by atoms with E-state index < -0.39 is 6.04 Å². The maximum Gasteiger partial charge on any atom is 0.249 e. The summed E-state index contributed by atoms with van der Waals surface area (Å²) in [5.41, 5.74) is 1.86. The van der Waals surface area contributed by atoms with Crippen LogP contribution in [0.4, 0.5) is 0 Å². The highest BCUT2D eigenvalue weighted by Gasteiger charge is 2.23. The summed E-state index contributed by atoms with van der Waals surface area (Å²) in [6.07, 6.45) is 3.43. The first kappa shape index (κ1) is 17.2. The van der Waals surface area contributed by atoms with E-state index in [4.69, 9.17) is 11.6 Å². The molecule has 0 saturated carbocycles. The maximum atomic E-state index is 12.8. The number of nitrogens with one attached hydrogen (secondary N) is 1. The van der Waals surface area contributed by atoms with E-state index in [1.165, 1.54) is 11.0 Å². The molecule has 0 aliphatic rings. The van der Waals surface area contributed by atoms with E-state index in [0.29, 0.717) is 18.1 Å². The Kier molecular flexibility index (Phi) is 4.84. The number of tetrazole rings is 1. The van der Waals surface area contributed by atoms with Crippen molar-refractivity contribution in [3.8, 4) is 0 Å². The zero-order valence-corrected chi connectivity index (χ0v) is 15.1. The summed E-state index contributed by atoms with van der Waals surface area (Å²) in [5, 5.41) is 16.0. The van der Waals surface area contributed by atoms with E-state index in [9.17, 15) is 4.79 Å². The lowest BCUT2D eigenvalue weighted by Gasteiger charge is -2.17. The summed E-state index contributed by atoms with van der Waals surface area (Å²) in [5.74, 6) is -0.164. The number of amides is 1. The lowest BCUT2D eigenvalue weighted by Crippen LogP contribution is -2.35. The normalized spacial score (nSPS) is 12.2. The highest BCUT2D eigenvalue weighted by Crippen LogP contribution is 2.20. The minimum absolute atomic E-state index is 0.164. The Morgan fingerprint density at radius 1 is 1.15 bits per heavy atom. The lowest BCUT2D eigenvalue weighted by atomic mass is 10.1. The number of benzene rings is 2. The van der Waals surface area contributed by atoms with Gasteiger partial charge in [0.05, 0.1) is 0 Å². The van der Waals surface area contributed by atoms with E-state index in [2.05, 4.69) is 25.4 Å². The van der Waals surface area contributed by atoms with Crippen LogP contribution in [0.25, 0.3) is 10.9 Å². The number of carbonyl (C=O) groups excluding carboxylic acids is 1. The number of carbonyl (C=O) groups is 1. The van der Waals surface area contributed by atoms with Crippen molar-refractivity contribution in [1.82, 2.24) is 30.1 Å². The van der Waals surface area contributed by atoms with Crippen LogP contribution in [-0.4, -0.2) is 37.2 Å². The van der Waals surface area contributed by atoms with Crippen LogP contribution in [-0.2, 0) is 11.3 Å². The second-order valence-corrected chi connectivity index (χ2v) is 6.54. The molecule has 0 saturated heterocycles. The molecular weight excluding hydrogens is 364 g/mol. The molecule has 1 N–H and O–H groups in total. The van der Waals surface area contributed by atoms with Crippen LogP contribution in [0.1, 0.15) is 11.6 Å². The van der Waals surface area contributed by atoms with Crippen molar-refractivity contribution in [3.63, 3.8) is 0 Å². The smallest absolute Gasteiger partial charge is 0.249 e. The number of hydrogen-bond donors (Lipinski definition) is 1. The average molecular weight is 381 g/mol. The summed E-state index contributed by atoms with van der Waals surface area (Å²) >= 11 is 6.09. The van der Waals surface area contributed by atoms with Crippen molar-refractivity contribution in [1.29, 1.82) is 0 Å². The van der Waals surface area contributed by atoms with Crippen molar-refractivity contribution in [2.24, 2.45) is 0 Å². The summed E-state index contributed by atoms with van der Waals surface area (Å²) in [4.78, 5) is 12.8. The number of hydrogen-bond acceptors (Lipinski definition) is 4. The molecular formula is C19H17ClN6O. The summed E-state index contributed by atoms with van der Waals surface area (Å²) in [6.45, 7) is 1.10. The fraction of sp³-hybridized carbons (Fsp3) is 0.158. The van der Waals surface area contributed by atoms with Gasteiger partial charge in [0, 0.05) is 29.8 Å². The van der Waals surface area contributed by atoms with Crippen LogP contribution in [0.5, 0.6) is 0 Å². The van der Waals surface area contributed by atoms with Crippen molar-refractivity contribution < 1.29 is 4.79 Å². The van der Waals surface area contributed by atoms with Gasteiger partial charge in [-0.05, 0) is 39.6 Å². The molecule has 0 unspecified atom stereocenters. The van der Waals surface area contributed by atoms with Crippen LogP contribution in [0.2, 0.25) is 5.02 Å². The van der Waals surface area contributed by atoms with Gasteiger partial charge in [-0.15, -0.1) is 5.10 Å². The number of nitrogens with zero attached hydrogens (tertiary/aromatic N) is 5. The van der Waals surface area contributed by atoms with Gasteiger partial charge in [-0.1, -0.05) is 48.0 Å². The Hall–Kier alpha value is -3.19. The molecule has 27 heavy (non-hydrogen) atoms. The number of aromatic nitrogens is 5. The van der Waals surface area contributed by atoms with Gasteiger partial charge < -0.3 is 9.88 Å². The molecule has 1 atom stereocenters. The van der Waals surface area contributed by atoms with Gasteiger partial charge in [0.2, 0.25) is 5.91 Å². The Bertz CT molecular complexity index is 1040. The lowest BCUT2D eigenvalue weighted by molar-refractivity contribution is -0.123. The Labute approximate surface area is 160 Å². The van der Waals surface area contributed by atoms with Crippen LogP contribution in [0, 0.1) is 0 Å². The highest BCUT2D eigenvalue weighted by atomic mass is 35.5. The van der Waals surface area contributed by atoms with Crippen LogP contribution < -0.4 is 5.32 Å². The minimum atomic E-state index is -0.614. The van der Waals surface area contributed by atoms with Gasteiger partial charge in [0.1, 0.15) is 6.33 Å². The first-order chi connectivity index (χ1) is 13.2. The van der Waals surface area contributed by atoms with Crippen LogP contribution in [0.15, 0.2) is 67.1 Å². The molecule has 0 fully saturated rings. The molecule has 2 aromatic carbocycles. The fourth-order valence-electron chi connectivity index (χ4n) is 3.09. The summed E-state index contributed by atoms with van der Waals surface area (Å²) in [6, 6.07) is 16.6. The second kappa shape index (κ2) is 7.59. The average Bonchev–Trinajstić information content (AvgIpc) is 3.33. The molecule has 8 heteroatoms. The SMILES string of the molecule is O=C(NCCn1ccc2ccc(Cl)cc21)[C@H](c1ccccc1)n1cnnn1. The van der Waals surface area contributed by atoms with Crippen LogP contribution in [0.3, 0.4) is 0 Å². The topological polar surface area (TPSA) is 77.6 Å². The number of fused-ring (bicyclic) bond motifs is 1. The fourth-order valence-corrected chi connectivity index (χ4v) is 3.26. The van der Waals surface area contributed by atoms with Crippen molar-refractivity contribution in [2.45, 2.75) is 12.6 Å². The standard InChI is InChI=1S/C19H17ClN6O/c20-16-7-6-14-8-10-25(17(14)12-16)11-9-21-19(27)18(26-13-22-23-24-26)15-4-2-1-3-5-15/h1-8,10,12-13,18H,9,11H2,(H,21,27)/t18-/m0/s1. The monoisotopic (exact) mass is 380 g/mol. The van der Waals surface area contributed by atoms with Gasteiger partial charge in [-0.3, -0.25) is 4.79 Å². The predicted octanol–water partition coefficient (Wildman–Crippen LogP) is 2.69. The molecule has 2 heterocycles. The van der Waals surface area contributed by atoms with Crippen molar-refractivity contribution in [3.05, 3.63) is 77.7 Å². The first-order valence-corrected chi connectivity index (χ1v) is 8.90. The molecule has 0 radical (unpaired) electrons. The highest BCUT2D eigenvalue weighted by molar-refractivity contribution is 6.31. The molecule has 4 aromatic rings. The third kappa shape index (κ3) is 3.68. The van der Waals surface area contributed by atoms with Gasteiger partial charge in [-0.2, -0.15) is 0 Å². The number of halogens is 1. The molecule has 1 amide bonds. The second-order valence-electron chi connectivity index (χ2n) is 6.11. The van der Waals surface area contributed by atoms with Crippen molar-refractivity contribution in [2.75, 3.05) is 6.54 Å². The van der Waals surface area contributed by atoms with Gasteiger partial charge in [0.25, 0.3) is 0 Å². The molecule has 136 valence electrons. The zero-order valence-electron chi connectivity index (χ0n) is 14.4. The predicted molar refractivity (Wildman–Crippen MR) is 102 cm³/mol. The molecule has 0 aliphatic carbocycles. The first-order valence-electron chi connectivity index (χ1n) is 8.52. The van der Waals surface area contributed by atoms with E-state index in [0.717, 1.165) is 16.5 Å². The van der Waals surface area contributed by atoms with Gasteiger partial charge >= 0.3 is 0 Å². The third-order valence-electron chi connectivity index (χ3n) is 4.38. The van der Waals surface area contributed by atoms with Crippen molar-refractivity contribution >= 4 is 28.4 Å². The van der Waals surface area contributed by atoms with E-state index in [1.807, 2.05) is 60.8 Å². The largest absolute Gasteiger partial charge is 0.352 e.